The standard InChI is InChI=1S/C13H21N3/c1-9-3-4-11(5-9)13(16-14)12-6-10(2)7-15-8-12/h6-9,11,13,16H,3-5,14H2,1-2H3. The van der Waals surface area contributed by atoms with E-state index < -0.39 is 0 Å². The Bertz CT molecular complexity index is 351. The molecule has 0 amide bonds. The molecule has 1 aliphatic rings. The Hall–Kier alpha value is -0.930. The summed E-state index contributed by atoms with van der Waals surface area (Å²) in [6, 6.07) is 2.44. The number of hydrogen-bond donors (Lipinski definition) is 2. The highest BCUT2D eigenvalue weighted by atomic mass is 15.2. The topological polar surface area (TPSA) is 50.9 Å². The number of nitrogens with one attached hydrogen (secondary N) is 1. The molecule has 1 aromatic rings. The normalized spacial score (nSPS) is 26.9. The van der Waals surface area contributed by atoms with Crippen molar-refractivity contribution in [1.82, 2.24) is 10.4 Å². The van der Waals surface area contributed by atoms with E-state index in [0.717, 1.165) is 5.92 Å². The molecule has 16 heavy (non-hydrogen) atoms. The van der Waals surface area contributed by atoms with Crippen molar-refractivity contribution in [3.05, 3.63) is 29.6 Å². The first kappa shape index (κ1) is 11.6. The number of nitrogens with two attached hydrogens (primary N) is 1. The predicted molar refractivity (Wildman–Crippen MR) is 65.5 cm³/mol. The molecule has 0 bridgehead atoms. The maximum Gasteiger partial charge on any atom is 0.0503 e. The lowest BCUT2D eigenvalue weighted by atomic mass is 9.92. The second kappa shape index (κ2) is 4.93. The van der Waals surface area contributed by atoms with Crippen molar-refractivity contribution in [3.8, 4) is 0 Å². The van der Waals surface area contributed by atoms with Gasteiger partial charge in [0.05, 0.1) is 6.04 Å². The Kier molecular flexibility index (Phi) is 3.56. The maximum absolute atomic E-state index is 5.70. The van der Waals surface area contributed by atoms with Crippen molar-refractivity contribution < 1.29 is 0 Å². The van der Waals surface area contributed by atoms with E-state index in [9.17, 15) is 0 Å². The second-order valence-electron chi connectivity index (χ2n) is 5.12. The lowest BCUT2D eigenvalue weighted by molar-refractivity contribution is 0.363. The van der Waals surface area contributed by atoms with Gasteiger partial charge in [0.15, 0.2) is 0 Å². The van der Waals surface area contributed by atoms with Crippen LogP contribution in [-0.2, 0) is 0 Å². The minimum atomic E-state index is 0.261. The SMILES string of the molecule is Cc1cncc(C(NN)C2CCC(C)C2)c1. The Labute approximate surface area is 97.4 Å². The average molecular weight is 219 g/mol. The van der Waals surface area contributed by atoms with E-state index in [1.165, 1.54) is 30.4 Å². The van der Waals surface area contributed by atoms with Crippen molar-refractivity contribution in [2.24, 2.45) is 17.7 Å². The molecule has 0 radical (unpaired) electrons. The second-order valence-corrected chi connectivity index (χ2v) is 5.12. The predicted octanol–water partition coefficient (Wildman–Crippen LogP) is 2.33. The lowest BCUT2D eigenvalue weighted by Gasteiger charge is -2.23. The molecule has 2 rings (SSSR count). The summed E-state index contributed by atoms with van der Waals surface area (Å²) in [6.45, 7) is 4.39. The summed E-state index contributed by atoms with van der Waals surface area (Å²) in [6.07, 6.45) is 7.67. The van der Waals surface area contributed by atoms with Gasteiger partial charge in [0, 0.05) is 12.4 Å². The van der Waals surface area contributed by atoms with Crippen LogP contribution in [0.5, 0.6) is 0 Å². The van der Waals surface area contributed by atoms with Crippen LogP contribution in [0.4, 0.5) is 0 Å². The summed E-state index contributed by atoms with van der Waals surface area (Å²) in [5.74, 6) is 7.19. The van der Waals surface area contributed by atoms with E-state index in [1.54, 1.807) is 0 Å². The van der Waals surface area contributed by atoms with Crippen molar-refractivity contribution in [2.45, 2.75) is 39.2 Å². The Balaban J connectivity index is 2.16. The van der Waals surface area contributed by atoms with Gasteiger partial charge in [-0.25, -0.2) is 0 Å². The molecule has 3 heteroatoms. The Morgan fingerprint density at radius 3 is 2.81 bits per heavy atom. The largest absolute Gasteiger partial charge is 0.271 e. The molecule has 3 N–H and O–H groups in total. The van der Waals surface area contributed by atoms with Gasteiger partial charge in [0.1, 0.15) is 0 Å². The number of hydrazine groups is 1. The van der Waals surface area contributed by atoms with Crippen LogP contribution in [0.15, 0.2) is 18.5 Å². The number of aromatic nitrogens is 1. The zero-order valence-electron chi connectivity index (χ0n) is 10.1. The van der Waals surface area contributed by atoms with Crippen LogP contribution < -0.4 is 11.3 Å². The summed E-state index contributed by atoms with van der Waals surface area (Å²) in [7, 11) is 0. The van der Waals surface area contributed by atoms with E-state index in [-0.39, 0.29) is 6.04 Å². The first-order valence-electron chi connectivity index (χ1n) is 6.08. The molecule has 3 atom stereocenters. The van der Waals surface area contributed by atoms with Crippen molar-refractivity contribution >= 4 is 0 Å². The zero-order chi connectivity index (χ0) is 11.5. The highest BCUT2D eigenvalue weighted by Crippen LogP contribution is 2.38. The fourth-order valence-electron chi connectivity index (χ4n) is 2.81. The van der Waals surface area contributed by atoms with Gasteiger partial charge in [-0.2, -0.15) is 0 Å². The summed E-state index contributed by atoms with van der Waals surface area (Å²) >= 11 is 0. The third kappa shape index (κ3) is 2.42. The van der Waals surface area contributed by atoms with E-state index in [2.05, 4.69) is 30.3 Å². The molecule has 1 aliphatic carbocycles. The lowest BCUT2D eigenvalue weighted by Crippen LogP contribution is -2.32. The average Bonchev–Trinajstić information content (AvgIpc) is 2.66. The fourth-order valence-corrected chi connectivity index (χ4v) is 2.81. The smallest absolute Gasteiger partial charge is 0.0503 e. The molecule has 0 spiro atoms. The minimum absolute atomic E-state index is 0.261. The van der Waals surface area contributed by atoms with E-state index in [1.807, 2.05) is 12.4 Å². The number of pyridine rings is 1. The molecule has 3 unspecified atom stereocenters. The summed E-state index contributed by atoms with van der Waals surface area (Å²) in [5.41, 5.74) is 5.39. The van der Waals surface area contributed by atoms with Crippen LogP contribution in [0.2, 0.25) is 0 Å². The van der Waals surface area contributed by atoms with Crippen LogP contribution in [0.25, 0.3) is 0 Å². The van der Waals surface area contributed by atoms with E-state index in [0.29, 0.717) is 5.92 Å². The van der Waals surface area contributed by atoms with Gasteiger partial charge < -0.3 is 0 Å². The van der Waals surface area contributed by atoms with Gasteiger partial charge >= 0.3 is 0 Å². The summed E-state index contributed by atoms with van der Waals surface area (Å²) in [4.78, 5) is 4.25. The maximum atomic E-state index is 5.70. The van der Waals surface area contributed by atoms with Crippen LogP contribution in [0.3, 0.4) is 0 Å². The van der Waals surface area contributed by atoms with Crippen LogP contribution in [0, 0.1) is 18.8 Å². The molecule has 1 fully saturated rings. The quantitative estimate of drug-likeness (QED) is 0.606. The highest BCUT2D eigenvalue weighted by Gasteiger charge is 2.29. The molecule has 88 valence electrons. The number of nitrogens with zero attached hydrogens (tertiary/aromatic N) is 1. The van der Waals surface area contributed by atoms with Crippen molar-refractivity contribution in [1.29, 1.82) is 0 Å². The van der Waals surface area contributed by atoms with Gasteiger partial charge in [-0.3, -0.25) is 16.3 Å². The number of rotatable bonds is 3. The summed E-state index contributed by atoms with van der Waals surface area (Å²) < 4.78 is 0. The van der Waals surface area contributed by atoms with Gasteiger partial charge in [0.25, 0.3) is 0 Å². The number of aryl methyl sites for hydroxylation is 1. The zero-order valence-corrected chi connectivity index (χ0v) is 10.1. The number of hydrogen-bond acceptors (Lipinski definition) is 3. The minimum Gasteiger partial charge on any atom is -0.271 e. The monoisotopic (exact) mass is 219 g/mol. The third-order valence-corrected chi connectivity index (χ3v) is 3.64. The van der Waals surface area contributed by atoms with Crippen molar-refractivity contribution in [3.63, 3.8) is 0 Å². The van der Waals surface area contributed by atoms with Gasteiger partial charge in [0.2, 0.25) is 0 Å². The highest BCUT2D eigenvalue weighted by molar-refractivity contribution is 5.21. The van der Waals surface area contributed by atoms with Crippen LogP contribution in [0.1, 0.15) is 43.4 Å². The van der Waals surface area contributed by atoms with Gasteiger partial charge in [-0.15, -0.1) is 0 Å². The Morgan fingerprint density at radius 2 is 2.25 bits per heavy atom. The van der Waals surface area contributed by atoms with E-state index in [4.69, 9.17) is 5.84 Å². The summed E-state index contributed by atoms with van der Waals surface area (Å²) in [5, 5.41) is 0. The third-order valence-electron chi connectivity index (χ3n) is 3.64. The Morgan fingerprint density at radius 1 is 1.44 bits per heavy atom. The van der Waals surface area contributed by atoms with Crippen LogP contribution >= 0.6 is 0 Å². The molecule has 3 nitrogen and oxygen atoms in total. The van der Waals surface area contributed by atoms with Gasteiger partial charge in [-0.1, -0.05) is 19.4 Å². The molecule has 1 saturated carbocycles. The fraction of sp³-hybridized carbons (Fsp3) is 0.615. The van der Waals surface area contributed by atoms with Crippen LogP contribution in [-0.4, -0.2) is 4.98 Å². The molecular weight excluding hydrogens is 198 g/mol. The van der Waals surface area contributed by atoms with Crippen molar-refractivity contribution in [2.75, 3.05) is 0 Å². The molecular formula is C13H21N3. The first-order valence-corrected chi connectivity index (χ1v) is 6.08. The molecule has 0 aromatic carbocycles. The van der Waals surface area contributed by atoms with E-state index >= 15 is 0 Å². The molecule has 0 saturated heterocycles. The molecule has 1 heterocycles. The molecule has 0 aliphatic heterocycles. The molecule has 1 aromatic heterocycles. The van der Waals surface area contributed by atoms with Gasteiger partial charge in [-0.05, 0) is 42.7 Å². The first-order chi connectivity index (χ1) is 7.70.